The monoisotopic (exact) mass is 512 g/mol. The number of pyridine rings is 2. The molecule has 0 spiro atoms. The topological polar surface area (TPSA) is 52.1 Å². The number of aromatic nitrogens is 2. The van der Waals surface area contributed by atoms with Crippen LogP contribution in [0.4, 0.5) is 0 Å². The maximum Gasteiger partial charge on any atom is 0.147 e. The number of fused-ring (bicyclic) bond motifs is 10. The molecule has 4 aromatic heterocycles. The van der Waals surface area contributed by atoms with Crippen LogP contribution >= 0.6 is 0 Å². The Bertz CT molecular complexity index is 2450. The van der Waals surface area contributed by atoms with Gasteiger partial charge in [-0.1, -0.05) is 78.9 Å². The summed E-state index contributed by atoms with van der Waals surface area (Å²) in [5, 5.41) is 6.39. The van der Waals surface area contributed by atoms with E-state index >= 15 is 0 Å². The second-order valence-electron chi connectivity index (χ2n) is 10.2. The van der Waals surface area contributed by atoms with E-state index in [2.05, 4.69) is 83.8 Å². The van der Waals surface area contributed by atoms with E-state index in [0.29, 0.717) is 0 Å². The van der Waals surface area contributed by atoms with Gasteiger partial charge in [0.1, 0.15) is 22.3 Å². The first-order chi connectivity index (χ1) is 19.8. The highest BCUT2D eigenvalue weighted by Gasteiger charge is 2.20. The van der Waals surface area contributed by atoms with E-state index in [1.165, 1.54) is 0 Å². The first-order valence-corrected chi connectivity index (χ1v) is 13.3. The summed E-state index contributed by atoms with van der Waals surface area (Å²) in [6.45, 7) is 0. The summed E-state index contributed by atoms with van der Waals surface area (Å²) in [4.78, 5) is 9.72. The van der Waals surface area contributed by atoms with Crippen molar-refractivity contribution < 1.29 is 8.83 Å². The minimum absolute atomic E-state index is 0.826. The van der Waals surface area contributed by atoms with Gasteiger partial charge in [-0.25, -0.2) is 4.98 Å². The van der Waals surface area contributed by atoms with Gasteiger partial charge in [-0.15, -0.1) is 0 Å². The second kappa shape index (κ2) is 8.01. The molecule has 0 fully saturated rings. The quantitative estimate of drug-likeness (QED) is 0.216. The van der Waals surface area contributed by atoms with Crippen LogP contribution in [-0.2, 0) is 0 Å². The number of para-hydroxylation sites is 2. The molecule has 0 bridgehead atoms. The molecule has 0 radical (unpaired) electrons. The van der Waals surface area contributed by atoms with Gasteiger partial charge in [0.25, 0.3) is 0 Å². The Morgan fingerprint density at radius 1 is 0.500 bits per heavy atom. The van der Waals surface area contributed by atoms with Crippen molar-refractivity contribution in [1.29, 1.82) is 0 Å². The molecule has 0 aliphatic carbocycles. The van der Waals surface area contributed by atoms with E-state index in [-0.39, 0.29) is 0 Å². The largest absolute Gasteiger partial charge is 0.455 e. The highest BCUT2D eigenvalue weighted by molar-refractivity contribution is 6.25. The van der Waals surface area contributed by atoms with Crippen molar-refractivity contribution in [2.45, 2.75) is 0 Å². The predicted octanol–water partition coefficient (Wildman–Crippen LogP) is 9.92. The van der Waals surface area contributed by atoms with Crippen molar-refractivity contribution in [3.63, 3.8) is 0 Å². The molecule has 5 aromatic carbocycles. The van der Waals surface area contributed by atoms with Gasteiger partial charge in [-0.05, 0) is 42.0 Å². The third kappa shape index (κ3) is 3.01. The van der Waals surface area contributed by atoms with Gasteiger partial charge in [0.05, 0.1) is 22.1 Å². The lowest BCUT2D eigenvalue weighted by Gasteiger charge is -2.09. The molecule has 0 unspecified atom stereocenters. The minimum atomic E-state index is 0.826. The molecule has 9 aromatic rings. The molecule has 0 aliphatic rings. The third-order valence-corrected chi connectivity index (χ3v) is 7.89. The molecule has 4 heteroatoms. The molecule has 0 saturated carbocycles. The van der Waals surface area contributed by atoms with Crippen molar-refractivity contribution in [1.82, 2.24) is 9.97 Å². The molecule has 9 rings (SSSR count). The minimum Gasteiger partial charge on any atom is -0.455 e. The zero-order chi connectivity index (χ0) is 26.2. The zero-order valence-electron chi connectivity index (χ0n) is 21.3. The average molecular weight is 513 g/mol. The van der Waals surface area contributed by atoms with Gasteiger partial charge in [-0.3, -0.25) is 4.98 Å². The highest BCUT2D eigenvalue weighted by atomic mass is 16.3. The molecule has 0 atom stereocenters. The van der Waals surface area contributed by atoms with Crippen LogP contribution in [0, 0.1) is 0 Å². The molecule has 40 heavy (non-hydrogen) atoms. The van der Waals surface area contributed by atoms with Crippen LogP contribution < -0.4 is 0 Å². The molecular weight excluding hydrogens is 492 g/mol. The molecule has 4 nitrogen and oxygen atoms in total. The summed E-state index contributed by atoms with van der Waals surface area (Å²) in [6, 6.07) is 39.6. The molecule has 0 amide bonds. The van der Waals surface area contributed by atoms with Gasteiger partial charge >= 0.3 is 0 Å². The third-order valence-electron chi connectivity index (χ3n) is 7.89. The Hall–Kier alpha value is -5.48. The number of hydrogen-bond acceptors (Lipinski definition) is 4. The van der Waals surface area contributed by atoms with E-state index in [9.17, 15) is 0 Å². The van der Waals surface area contributed by atoms with Crippen molar-refractivity contribution >= 4 is 65.7 Å². The highest BCUT2D eigenvalue weighted by Crippen LogP contribution is 2.44. The second-order valence-corrected chi connectivity index (χ2v) is 10.2. The molecule has 0 aliphatic heterocycles. The van der Waals surface area contributed by atoms with Gasteiger partial charge in [0.15, 0.2) is 0 Å². The van der Waals surface area contributed by atoms with Crippen molar-refractivity contribution in [3.8, 4) is 22.4 Å². The molecule has 0 N–H and O–H groups in total. The van der Waals surface area contributed by atoms with Crippen molar-refractivity contribution in [2.75, 3.05) is 0 Å². The standard InChI is InChI=1S/C36H20N2O2/c1-3-12-30-25(10-1)28-20-27(35-32(36(28)39-30)26-11-2-4-13-31(26)40-35)23-7-5-8-24(19-23)29-17-16-22-15-14-21-9-6-18-37-33(21)34(22)38-29/h1-20H. The summed E-state index contributed by atoms with van der Waals surface area (Å²) >= 11 is 0. The summed E-state index contributed by atoms with van der Waals surface area (Å²) in [7, 11) is 0. The van der Waals surface area contributed by atoms with Gasteiger partial charge in [0.2, 0.25) is 0 Å². The molecule has 4 heterocycles. The maximum absolute atomic E-state index is 6.51. The Labute approximate surface area is 228 Å². The van der Waals surface area contributed by atoms with Crippen molar-refractivity contribution in [2.24, 2.45) is 0 Å². The summed E-state index contributed by atoms with van der Waals surface area (Å²) in [5.41, 5.74) is 9.26. The first-order valence-electron chi connectivity index (χ1n) is 13.3. The number of furan rings is 2. The first kappa shape index (κ1) is 21.5. The van der Waals surface area contributed by atoms with E-state index < -0.39 is 0 Å². The predicted molar refractivity (Wildman–Crippen MR) is 162 cm³/mol. The lowest BCUT2D eigenvalue weighted by molar-refractivity contribution is 0.663. The fraction of sp³-hybridized carbons (Fsp3) is 0. The Balaban J connectivity index is 1.31. The van der Waals surface area contributed by atoms with Crippen LogP contribution in [-0.4, -0.2) is 9.97 Å². The van der Waals surface area contributed by atoms with E-state index in [0.717, 1.165) is 88.1 Å². The van der Waals surface area contributed by atoms with Gasteiger partial charge in [0, 0.05) is 44.3 Å². The van der Waals surface area contributed by atoms with E-state index in [1.54, 1.807) is 0 Å². The van der Waals surface area contributed by atoms with Gasteiger partial charge in [-0.2, -0.15) is 0 Å². The Kier molecular flexibility index (Phi) is 4.30. The molecule has 186 valence electrons. The SMILES string of the molecule is c1cc(-c2ccc3ccc4cccnc4c3n2)cc(-c2cc3c4ccccc4oc3c3c2oc2ccccc23)c1. The van der Waals surface area contributed by atoms with Crippen molar-refractivity contribution in [3.05, 3.63) is 121 Å². The summed E-state index contributed by atoms with van der Waals surface area (Å²) in [6.07, 6.45) is 1.82. The van der Waals surface area contributed by atoms with Crippen LogP contribution in [0.15, 0.2) is 130 Å². The Morgan fingerprint density at radius 2 is 1.23 bits per heavy atom. The number of benzene rings is 5. The molecule has 0 saturated heterocycles. The molecular formula is C36H20N2O2. The number of nitrogens with zero attached hydrogens (tertiary/aromatic N) is 2. The van der Waals surface area contributed by atoms with Crippen LogP contribution in [0.2, 0.25) is 0 Å². The summed E-state index contributed by atoms with van der Waals surface area (Å²) < 4.78 is 12.9. The smallest absolute Gasteiger partial charge is 0.147 e. The van der Waals surface area contributed by atoms with Crippen LogP contribution in [0.3, 0.4) is 0 Å². The lowest BCUT2D eigenvalue weighted by Crippen LogP contribution is -1.89. The fourth-order valence-electron chi connectivity index (χ4n) is 6.01. The average Bonchev–Trinajstić information content (AvgIpc) is 3.59. The van der Waals surface area contributed by atoms with E-state index in [4.69, 9.17) is 13.8 Å². The van der Waals surface area contributed by atoms with Gasteiger partial charge < -0.3 is 8.83 Å². The normalized spacial score (nSPS) is 12.0. The lowest BCUT2D eigenvalue weighted by atomic mass is 9.96. The Morgan fingerprint density at radius 3 is 2.12 bits per heavy atom. The fourth-order valence-corrected chi connectivity index (χ4v) is 6.01. The number of rotatable bonds is 2. The zero-order valence-corrected chi connectivity index (χ0v) is 21.3. The number of hydrogen-bond donors (Lipinski definition) is 0. The van der Waals surface area contributed by atoms with E-state index in [1.807, 2.05) is 42.6 Å². The summed E-state index contributed by atoms with van der Waals surface area (Å²) in [5.74, 6) is 0. The van der Waals surface area contributed by atoms with Crippen LogP contribution in [0.5, 0.6) is 0 Å². The van der Waals surface area contributed by atoms with Crippen LogP contribution in [0.1, 0.15) is 0 Å². The van der Waals surface area contributed by atoms with Crippen LogP contribution in [0.25, 0.3) is 88.1 Å². The maximum atomic E-state index is 6.51.